The van der Waals surface area contributed by atoms with Crippen LogP contribution in [0.15, 0.2) is 66.9 Å². The molecule has 1 aliphatic heterocycles. The minimum Gasteiger partial charge on any atom is -0.405 e. The maximum Gasteiger partial charge on any atom is 0.242 e. The number of para-hydroxylation sites is 1. The standard InChI is InChI=1S/C22H27N5O2/c23-11-10-19(24)22(29)25-16-21(28)27-14-12-26(13-15-27)20-9-5-4-8-18(20)17-6-2-1-3-7-17/h1-11,19H,12-16,23-24H2,(H,25,29)/b11-10-. The van der Waals surface area contributed by atoms with Crippen LogP contribution in [-0.2, 0) is 9.59 Å². The molecule has 29 heavy (non-hydrogen) atoms. The van der Waals surface area contributed by atoms with Gasteiger partial charge in [0.15, 0.2) is 0 Å². The highest BCUT2D eigenvalue weighted by atomic mass is 16.2. The van der Waals surface area contributed by atoms with Crippen molar-refractivity contribution in [2.45, 2.75) is 6.04 Å². The number of amides is 2. The molecule has 152 valence electrons. The summed E-state index contributed by atoms with van der Waals surface area (Å²) in [4.78, 5) is 28.3. The number of carbonyl (C=O) groups excluding carboxylic acids is 2. The lowest BCUT2D eigenvalue weighted by atomic mass is 10.0. The molecular formula is C22H27N5O2. The zero-order valence-corrected chi connectivity index (χ0v) is 16.3. The average molecular weight is 393 g/mol. The molecule has 0 bridgehead atoms. The normalized spacial score (nSPS) is 15.3. The molecule has 1 fully saturated rings. The number of nitrogens with two attached hydrogens (primary N) is 2. The summed E-state index contributed by atoms with van der Waals surface area (Å²) in [7, 11) is 0. The third-order valence-electron chi connectivity index (χ3n) is 5.00. The van der Waals surface area contributed by atoms with Crippen LogP contribution < -0.4 is 21.7 Å². The van der Waals surface area contributed by atoms with Crippen LogP contribution >= 0.6 is 0 Å². The molecule has 2 aromatic carbocycles. The van der Waals surface area contributed by atoms with Crippen LogP contribution in [0, 0.1) is 0 Å². The van der Waals surface area contributed by atoms with Gasteiger partial charge < -0.3 is 26.6 Å². The fourth-order valence-electron chi connectivity index (χ4n) is 3.41. The number of hydrogen-bond donors (Lipinski definition) is 3. The van der Waals surface area contributed by atoms with Crippen molar-refractivity contribution in [1.29, 1.82) is 0 Å². The van der Waals surface area contributed by atoms with Gasteiger partial charge in [-0.3, -0.25) is 9.59 Å². The van der Waals surface area contributed by atoms with E-state index in [4.69, 9.17) is 11.5 Å². The summed E-state index contributed by atoms with van der Waals surface area (Å²) in [6.45, 7) is 2.61. The maximum absolute atomic E-state index is 12.4. The molecule has 1 unspecified atom stereocenters. The van der Waals surface area contributed by atoms with Gasteiger partial charge in [0.05, 0.1) is 6.54 Å². The first-order valence-electron chi connectivity index (χ1n) is 9.69. The predicted molar refractivity (Wildman–Crippen MR) is 115 cm³/mol. The average Bonchev–Trinajstić information content (AvgIpc) is 2.78. The Balaban J connectivity index is 1.57. The Morgan fingerprint density at radius 2 is 1.66 bits per heavy atom. The Hall–Kier alpha value is -3.32. The molecule has 0 aromatic heterocycles. The van der Waals surface area contributed by atoms with E-state index in [1.54, 1.807) is 4.90 Å². The van der Waals surface area contributed by atoms with Crippen LogP contribution in [0.25, 0.3) is 11.1 Å². The first-order chi connectivity index (χ1) is 14.1. The molecule has 0 spiro atoms. The fourth-order valence-corrected chi connectivity index (χ4v) is 3.41. The predicted octanol–water partition coefficient (Wildman–Crippen LogP) is 0.918. The van der Waals surface area contributed by atoms with Gasteiger partial charge in [-0.2, -0.15) is 0 Å². The van der Waals surface area contributed by atoms with E-state index in [0.717, 1.165) is 13.1 Å². The van der Waals surface area contributed by atoms with E-state index in [-0.39, 0.29) is 12.5 Å². The van der Waals surface area contributed by atoms with E-state index in [1.165, 1.54) is 29.1 Å². The summed E-state index contributed by atoms with van der Waals surface area (Å²) >= 11 is 0. The fraction of sp³-hybridized carbons (Fsp3) is 0.273. The maximum atomic E-state index is 12.4. The number of nitrogens with zero attached hydrogens (tertiary/aromatic N) is 2. The summed E-state index contributed by atoms with van der Waals surface area (Å²) in [5.74, 6) is -0.534. The van der Waals surface area contributed by atoms with Crippen molar-refractivity contribution in [2.24, 2.45) is 11.5 Å². The highest BCUT2D eigenvalue weighted by Crippen LogP contribution is 2.31. The Morgan fingerprint density at radius 1 is 1.00 bits per heavy atom. The van der Waals surface area contributed by atoms with Crippen LogP contribution in [0.5, 0.6) is 0 Å². The third-order valence-corrected chi connectivity index (χ3v) is 5.00. The van der Waals surface area contributed by atoms with Gasteiger partial charge in [0.25, 0.3) is 0 Å². The molecule has 1 atom stereocenters. The van der Waals surface area contributed by atoms with E-state index >= 15 is 0 Å². The summed E-state index contributed by atoms with van der Waals surface area (Å²) in [6.07, 6.45) is 2.60. The SMILES string of the molecule is N/C=C\C(N)C(=O)NCC(=O)N1CCN(c2ccccc2-c2ccccc2)CC1. The van der Waals surface area contributed by atoms with Crippen molar-refractivity contribution in [2.75, 3.05) is 37.6 Å². The van der Waals surface area contributed by atoms with E-state index < -0.39 is 11.9 Å². The van der Waals surface area contributed by atoms with Crippen LogP contribution in [0.1, 0.15) is 0 Å². The van der Waals surface area contributed by atoms with Crippen LogP contribution in [0.2, 0.25) is 0 Å². The zero-order valence-electron chi connectivity index (χ0n) is 16.3. The number of benzene rings is 2. The van der Waals surface area contributed by atoms with Crippen LogP contribution in [0.4, 0.5) is 5.69 Å². The molecule has 1 aliphatic rings. The summed E-state index contributed by atoms with van der Waals surface area (Å²) in [5.41, 5.74) is 14.4. The van der Waals surface area contributed by atoms with Gasteiger partial charge in [0.1, 0.15) is 6.04 Å². The van der Waals surface area contributed by atoms with Crippen molar-refractivity contribution in [3.63, 3.8) is 0 Å². The van der Waals surface area contributed by atoms with Crippen molar-refractivity contribution in [3.8, 4) is 11.1 Å². The second kappa shape index (κ2) is 9.75. The summed E-state index contributed by atoms with van der Waals surface area (Å²) < 4.78 is 0. The van der Waals surface area contributed by atoms with E-state index in [9.17, 15) is 9.59 Å². The topological polar surface area (TPSA) is 105 Å². The molecule has 7 heteroatoms. The van der Waals surface area contributed by atoms with Gasteiger partial charge >= 0.3 is 0 Å². The smallest absolute Gasteiger partial charge is 0.242 e. The van der Waals surface area contributed by atoms with Gasteiger partial charge in [-0.05, 0) is 23.9 Å². The van der Waals surface area contributed by atoms with E-state index in [0.29, 0.717) is 13.1 Å². The zero-order chi connectivity index (χ0) is 20.6. The van der Waals surface area contributed by atoms with Crippen molar-refractivity contribution >= 4 is 17.5 Å². The molecule has 1 heterocycles. The van der Waals surface area contributed by atoms with Crippen molar-refractivity contribution in [1.82, 2.24) is 10.2 Å². The van der Waals surface area contributed by atoms with Crippen LogP contribution in [0.3, 0.4) is 0 Å². The number of rotatable bonds is 6. The number of carbonyl (C=O) groups is 2. The highest BCUT2D eigenvalue weighted by Gasteiger charge is 2.23. The molecule has 3 rings (SSSR count). The van der Waals surface area contributed by atoms with E-state index in [2.05, 4.69) is 34.5 Å². The highest BCUT2D eigenvalue weighted by molar-refractivity contribution is 5.88. The molecular weight excluding hydrogens is 366 g/mol. The molecule has 0 aliphatic carbocycles. The molecule has 0 radical (unpaired) electrons. The Bertz CT molecular complexity index is 861. The Labute approximate surface area is 171 Å². The molecule has 0 saturated carbocycles. The van der Waals surface area contributed by atoms with Gasteiger partial charge in [-0.1, -0.05) is 48.5 Å². The molecule has 7 nitrogen and oxygen atoms in total. The van der Waals surface area contributed by atoms with E-state index in [1.807, 2.05) is 30.3 Å². The quantitative estimate of drug-likeness (QED) is 0.677. The van der Waals surface area contributed by atoms with Gasteiger partial charge in [0.2, 0.25) is 11.8 Å². The summed E-state index contributed by atoms with van der Waals surface area (Å²) in [5, 5.41) is 2.56. The number of anilines is 1. The lowest BCUT2D eigenvalue weighted by molar-refractivity contribution is -0.133. The van der Waals surface area contributed by atoms with Gasteiger partial charge in [0, 0.05) is 37.4 Å². The largest absolute Gasteiger partial charge is 0.405 e. The monoisotopic (exact) mass is 393 g/mol. The molecule has 1 saturated heterocycles. The second-order valence-corrected chi connectivity index (χ2v) is 6.88. The minimum absolute atomic E-state index is 0.0639. The van der Waals surface area contributed by atoms with Gasteiger partial charge in [-0.15, -0.1) is 0 Å². The summed E-state index contributed by atoms with van der Waals surface area (Å²) in [6, 6.07) is 17.7. The molecule has 5 N–H and O–H groups in total. The second-order valence-electron chi connectivity index (χ2n) is 6.88. The minimum atomic E-state index is -0.848. The number of hydrogen-bond acceptors (Lipinski definition) is 5. The first-order valence-corrected chi connectivity index (χ1v) is 9.69. The van der Waals surface area contributed by atoms with Crippen molar-refractivity contribution < 1.29 is 9.59 Å². The third kappa shape index (κ3) is 5.14. The lowest BCUT2D eigenvalue weighted by Crippen LogP contribution is -2.52. The van der Waals surface area contributed by atoms with Crippen LogP contribution in [-0.4, -0.2) is 55.5 Å². The molecule has 2 aromatic rings. The molecule has 2 amide bonds. The van der Waals surface area contributed by atoms with Gasteiger partial charge in [-0.25, -0.2) is 0 Å². The Morgan fingerprint density at radius 3 is 2.34 bits per heavy atom. The Kier molecular flexibility index (Phi) is 6.86. The van der Waals surface area contributed by atoms with Crippen molar-refractivity contribution in [3.05, 3.63) is 66.9 Å². The number of piperazine rings is 1. The number of nitrogens with one attached hydrogen (secondary N) is 1. The first kappa shape index (κ1) is 20.4. The lowest BCUT2D eigenvalue weighted by Gasteiger charge is -2.37.